The van der Waals surface area contributed by atoms with Crippen LogP contribution in [-0.2, 0) is 0 Å². The third-order valence-electron chi connectivity index (χ3n) is 1.90. The molecule has 0 spiro atoms. The van der Waals surface area contributed by atoms with Crippen LogP contribution in [0.3, 0.4) is 0 Å². The van der Waals surface area contributed by atoms with Crippen LogP contribution in [0.5, 0.6) is 0 Å². The summed E-state index contributed by atoms with van der Waals surface area (Å²) in [6.45, 7) is 19.8. The Balaban J connectivity index is 0.000000385. The fourth-order valence-corrected chi connectivity index (χ4v) is 1.000. The molecule has 88 valence electrons. The molecule has 0 bridgehead atoms. The molecular weight excluding hydrogens is 221 g/mol. The summed E-state index contributed by atoms with van der Waals surface area (Å²) in [6, 6.07) is 0. The average Bonchev–Trinajstić information content (AvgIpc) is 2.09. The largest absolute Gasteiger partial charge is 0.673 e. The standard InChI is InChI=1S/C10H12N.BF4/c1-7-6-11(5)10(4)9(3)8(7)2;2-1(3,4)5/h1-6H2;/q+1;-1. The van der Waals surface area contributed by atoms with Crippen molar-refractivity contribution >= 4 is 14.0 Å². The Morgan fingerprint density at radius 2 is 1.31 bits per heavy atom. The second-order valence-electron chi connectivity index (χ2n) is 3.20. The maximum absolute atomic E-state index is 9.75. The molecule has 1 nitrogen and oxygen atoms in total. The molecule has 0 N–H and O–H groups in total. The van der Waals surface area contributed by atoms with E-state index in [0.29, 0.717) is 6.54 Å². The van der Waals surface area contributed by atoms with Gasteiger partial charge in [-0.2, -0.15) is 0 Å². The normalized spacial score (nSPS) is 17.1. The van der Waals surface area contributed by atoms with Crippen LogP contribution in [0.15, 0.2) is 48.7 Å². The van der Waals surface area contributed by atoms with Gasteiger partial charge in [-0.3, -0.25) is 0 Å². The minimum atomic E-state index is -6.00. The van der Waals surface area contributed by atoms with Crippen LogP contribution >= 0.6 is 0 Å². The van der Waals surface area contributed by atoms with Crippen LogP contribution in [-0.4, -0.2) is 25.1 Å². The molecule has 0 radical (unpaired) electrons. The van der Waals surface area contributed by atoms with Gasteiger partial charge in [-0.1, -0.05) is 19.7 Å². The number of rotatable bonds is 0. The van der Waals surface area contributed by atoms with Crippen molar-refractivity contribution in [3.05, 3.63) is 48.7 Å². The highest BCUT2D eigenvalue weighted by Gasteiger charge is 2.24. The molecular formula is C10H12BF4N. The van der Waals surface area contributed by atoms with Gasteiger partial charge in [0.15, 0.2) is 6.54 Å². The van der Waals surface area contributed by atoms with E-state index in [2.05, 4.69) is 33.0 Å². The molecule has 6 heteroatoms. The van der Waals surface area contributed by atoms with E-state index in [4.69, 9.17) is 0 Å². The zero-order valence-corrected chi connectivity index (χ0v) is 8.78. The lowest BCUT2D eigenvalue weighted by Gasteiger charge is -2.17. The van der Waals surface area contributed by atoms with Gasteiger partial charge in [0.25, 0.3) is 0 Å². The van der Waals surface area contributed by atoms with Crippen molar-refractivity contribution in [3.8, 4) is 0 Å². The second kappa shape index (κ2) is 4.96. The highest BCUT2D eigenvalue weighted by molar-refractivity contribution is 6.50. The Hall–Kier alpha value is -1.59. The molecule has 1 rings (SSSR count). The Kier molecular flexibility index (Phi) is 4.47. The van der Waals surface area contributed by atoms with E-state index in [1.807, 2.05) is 0 Å². The van der Waals surface area contributed by atoms with E-state index in [1.54, 1.807) is 4.58 Å². The van der Waals surface area contributed by atoms with Gasteiger partial charge in [0.1, 0.15) is 6.72 Å². The number of hydrogen-bond acceptors (Lipinski definition) is 0. The van der Waals surface area contributed by atoms with Gasteiger partial charge in [0.2, 0.25) is 5.70 Å². The van der Waals surface area contributed by atoms with Gasteiger partial charge < -0.3 is 17.3 Å². The van der Waals surface area contributed by atoms with Crippen LogP contribution in [0.1, 0.15) is 0 Å². The zero-order chi connectivity index (χ0) is 13.1. The van der Waals surface area contributed by atoms with Gasteiger partial charge in [-0.05, 0) is 12.2 Å². The molecule has 0 amide bonds. The Morgan fingerprint density at radius 1 is 0.938 bits per heavy atom. The third-order valence-corrected chi connectivity index (χ3v) is 1.90. The summed E-state index contributed by atoms with van der Waals surface area (Å²) < 4.78 is 40.8. The molecule has 1 aliphatic heterocycles. The Bertz CT molecular complexity index is 345. The number of nitrogens with zero attached hydrogens (tertiary/aromatic N) is 1. The third kappa shape index (κ3) is 4.77. The topological polar surface area (TPSA) is 3.01 Å². The van der Waals surface area contributed by atoms with Crippen LogP contribution in [0.4, 0.5) is 17.3 Å². The number of hydrogen-bond donors (Lipinski definition) is 0. The van der Waals surface area contributed by atoms with Crippen molar-refractivity contribution < 1.29 is 21.8 Å². The first-order valence-electron chi connectivity index (χ1n) is 4.25. The average molecular weight is 233 g/mol. The van der Waals surface area contributed by atoms with Crippen molar-refractivity contribution in [1.82, 2.24) is 0 Å². The molecule has 1 saturated heterocycles. The summed E-state index contributed by atoms with van der Waals surface area (Å²) in [5.41, 5.74) is 3.55. The maximum Gasteiger partial charge on any atom is 0.673 e. The van der Waals surface area contributed by atoms with Gasteiger partial charge in [-0.25, -0.2) is 4.58 Å². The predicted octanol–water partition coefficient (Wildman–Crippen LogP) is 3.20. The fourth-order valence-electron chi connectivity index (χ4n) is 1.000. The number of allylic oxidation sites excluding steroid dienone is 1. The minimum Gasteiger partial charge on any atom is -0.418 e. The lowest BCUT2D eigenvalue weighted by atomic mass is 9.95. The smallest absolute Gasteiger partial charge is 0.418 e. The second-order valence-corrected chi connectivity index (χ2v) is 3.20. The molecule has 0 atom stereocenters. The van der Waals surface area contributed by atoms with Gasteiger partial charge in [0, 0.05) is 11.1 Å². The molecule has 16 heavy (non-hydrogen) atoms. The molecule has 1 aliphatic rings. The van der Waals surface area contributed by atoms with Crippen molar-refractivity contribution in [2.75, 3.05) is 6.54 Å². The summed E-state index contributed by atoms with van der Waals surface area (Å²) >= 11 is 0. The summed E-state index contributed by atoms with van der Waals surface area (Å²) in [5, 5.41) is 0. The molecule has 1 heterocycles. The number of piperidine rings is 1. The van der Waals surface area contributed by atoms with E-state index < -0.39 is 7.25 Å². The maximum atomic E-state index is 9.75. The van der Waals surface area contributed by atoms with Gasteiger partial charge >= 0.3 is 7.25 Å². The minimum absolute atomic E-state index is 0.705. The Morgan fingerprint density at radius 3 is 1.69 bits per heavy atom. The van der Waals surface area contributed by atoms with E-state index in [1.165, 1.54) is 0 Å². The molecule has 0 aliphatic carbocycles. The SMILES string of the molecule is C=C1C[N+](=C)C(=C)C(=C)C1=C.F[B-](F)(F)F. The van der Waals surface area contributed by atoms with Crippen LogP contribution < -0.4 is 0 Å². The summed E-state index contributed by atoms with van der Waals surface area (Å²) in [5.74, 6) is 0. The molecule has 0 aromatic rings. The first-order valence-corrected chi connectivity index (χ1v) is 4.25. The van der Waals surface area contributed by atoms with E-state index >= 15 is 0 Å². The van der Waals surface area contributed by atoms with Crippen molar-refractivity contribution in [3.63, 3.8) is 0 Å². The highest BCUT2D eigenvalue weighted by Crippen LogP contribution is 2.26. The summed E-state index contributed by atoms with van der Waals surface area (Å²) in [7, 11) is -6.00. The summed E-state index contributed by atoms with van der Waals surface area (Å²) in [4.78, 5) is 0. The van der Waals surface area contributed by atoms with Gasteiger partial charge in [0.05, 0.1) is 0 Å². The predicted molar refractivity (Wildman–Crippen MR) is 59.0 cm³/mol. The van der Waals surface area contributed by atoms with Crippen molar-refractivity contribution in [1.29, 1.82) is 0 Å². The highest BCUT2D eigenvalue weighted by atomic mass is 19.5. The molecule has 1 fully saturated rings. The zero-order valence-electron chi connectivity index (χ0n) is 8.78. The van der Waals surface area contributed by atoms with E-state index in [9.17, 15) is 17.3 Å². The molecule has 0 aromatic carbocycles. The van der Waals surface area contributed by atoms with E-state index in [-0.39, 0.29) is 0 Å². The Labute approximate surface area is 91.9 Å². The molecule has 0 aromatic heterocycles. The van der Waals surface area contributed by atoms with E-state index in [0.717, 1.165) is 22.4 Å². The summed E-state index contributed by atoms with van der Waals surface area (Å²) in [6.07, 6.45) is 0. The first-order chi connectivity index (χ1) is 7.04. The van der Waals surface area contributed by atoms with Crippen molar-refractivity contribution in [2.24, 2.45) is 0 Å². The lowest BCUT2D eigenvalue weighted by molar-refractivity contribution is -0.457. The number of halogens is 4. The molecule has 0 unspecified atom stereocenters. The van der Waals surface area contributed by atoms with Gasteiger partial charge in [-0.15, -0.1) is 0 Å². The van der Waals surface area contributed by atoms with Crippen LogP contribution in [0.2, 0.25) is 0 Å². The fraction of sp³-hybridized carbons (Fsp3) is 0.100. The first kappa shape index (κ1) is 14.4. The monoisotopic (exact) mass is 233 g/mol. The quantitative estimate of drug-likeness (QED) is 0.343. The molecule has 0 saturated carbocycles. The lowest BCUT2D eigenvalue weighted by Crippen LogP contribution is -2.20. The van der Waals surface area contributed by atoms with Crippen LogP contribution in [0, 0.1) is 0 Å². The van der Waals surface area contributed by atoms with Crippen molar-refractivity contribution in [2.45, 2.75) is 0 Å². The van der Waals surface area contributed by atoms with Crippen LogP contribution in [0.25, 0.3) is 0 Å².